The SMILES string of the molecule is C[C@@H]1N[C@H](C(=O)NNC(=O)[C@@H]2CCCN2C(=O)OC(C)(C)C)Cc2c1[nH]c1ccccc21. The number of nitrogens with one attached hydrogen (secondary N) is 4. The van der Waals surface area contributed by atoms with E-state index in [1.165, 1.54) is 4.90 Å². The first-order valence-electron chi connectivity index (χ1n) is 11.1. The number of ether oxygens (including phenoxy) is 1. The summed E-state index contributed by atoms with van der Waals surface area (Å²) in [5, 5.41) is 4.41. The number of amides is 3. The maximum atomic E-state index is 12.8. The van der Waals surface area contributed by atoms with E-state index < -0.39 is 29.7 Å². The van der Waals surface area contributed by atoms with Crippen LogP contribution in [0.4, 0.5) is 4.79 Å². The highest BCUT2D eigenvalue weighted by Gasteiger charge is 2.37. The molecule has 0 radical (unpaired) electrons. The summed E-state index contributed by atoms with van der Waals surface area (Å²) < 4.78 is 5.40. The van der Waals surface area contributed by atoms with Gasteiger partial charge in [0.15, 0.2) is 0 Å². The van der Waals surface area contributed by atoms with Crippen LogP contribution in [-0.4, -0.2) is 52.0 Å². The summed E-state index contributed by atoms with van der Waals surface area (Å²) in [7, 11) is 0. The molecule has 0 aliphatic carbocycles. The minimum absolute atomic E-state index is 0.0323. The summed E-state index contributed by atoms with van der Waals surface area (Å²) in [4.78, 5) is 42.8. The molecule has 2 aliphatic heterocycles. The zero-order valence-electron chi connectivity index (χ0n) is 19.0. The highest BCUT2D eigenvalue weighted by Crippen LogP contribution is 2.31. The van der Waals surface area contributed by atoms with E-state index in [0.717, 1.165) is 22.2 Å². The molecule has 0 unspecified atom stereocenters. The predicted octanol–water partition coefficient (Wildman–Crippen LogP) is 2.29. The van der Waals surface area contributed by atoms with Crippen molar-refractivity contribution in [2.24, 2.45) is 0 Å². The van der Waals surface area contributed by atoms with E-state index in [1.807, 2.05) is 31.2 Å². The normalized spacial score (nSPS) is 23.0. The van der Waals surface area contributed by atoms with E-state index >= 15 is 0 Å². The number of likely N-dealkylation sites (tertiary alicyclic amines) is 1. The average molecular weight is 442 g/mol. The van der Waals surface area contributed by atoms with Gasteiger partial charge in [-0.1, -0.05) is 18.2 Å². The zero-order valence-corrected chi connectivity index (χ0v) is 19.0. The molecule has 1 aromatic heterocycles. The van der Waals surface area contributed by atoms with Crippen molar-refractivity contribution in [3.8, 4) is 0 Å². The van der Waals surface area contributed by atoms with Crippen LogP contribution in [0.5, 0.6) is 0 Å². The Labute approximate surface area is 187 Å². The summed E-state index contributed by atoms with van der Waals surface area (Å²) in [6, 6.07) is 6.85. The first-order chi connectivity index (χ1) is 15.1. The molecule has 4 N–H and O–H groups in total. The largest absolute Gasteiger partial charge is 0.444 e. The number of aromatic amines is 1. The molecule has 0 bridgehead atoms. The lowest BCUT2D eigenvalue weighted by Crippen LogP contribution is -2.57. The Morgan fingerprint density at radius 3 is 2.59 bits per heavy atom. The lowest BCUT2D eigenvalue weighted by atomic mass is 9.94. The second-order valence-electron chi connectivity index (χ2n) is 9.52. The van der Waals surface area contributed by atoms with Crippen molar-refractivity contribution >= 4 is 28.8 Å². The topological polar surface area (TPSA) is 116 Å². The summed E-state index contributed by atoms with van der Waals surface area (Å²) in [6.45, 7) is 7.81. The van der Waals surface area contributed by atoms with Gasteiger partial charge in [-0.05, 0) is 58.6 Å². The van der Waals surface area contributed by atoms with Crippen LogP contribution in [0, 0.1) is 0 Å². The molecule has 2 aromatic rings. The van der Waals surface area contributed by atoms with Crippen LogP contribution in [0.3, 0.4) is 0 Å². The molecule has 1 fully saturated rings. The average Bonchev–Trinajstić information content (AvgIpc) is 3.36. The van der Waals surface area contributed by atoms with Gasteiger partial charge in [0.2, 0.25) is 0 Å². The summed E-state index contributed by atoms with van der Waals surface area (Å²) >= 11 is 0. The Morgan fingerprint density at radius 1 is 1.12 bits per heavy atom. The Hall–Kier alpha value is -3.07. The lowest BCUT2D eigenvalue weighted by Gasteiger charge is -2.29. The molecule has 3 heterocycles. The number of nitrogens with zero attached hydrogens (tertiary/aromatic N) is 1. The molecule has 32 heavy (non-hydrogen) atoms. The molecule has 172 valence electrons. The third-order valence-corrected chi connectivity index (χ3v) is 5.95. The maximum absolute atomic E-state index is 12.8. The van der Waals surface area contributed by atoms with Crippen LogP contribution in [0.1, 0.15) is 57.8 Å². The molecular weight excluding hydrogens is 410 g/mol. The first kappa shape index (κ1) is 22.1. The number of hydrogen-bond acceptors (Lipinski definition) is 5. The standard InChI is InChI=1S/C23H31N5O4/c1-13-19-15(14-8-5-6-9-16(14)25-19)12-17(24-13)20(29)26-27-21(30)18-10-7-11-28(18)22(31)32-23(2,3)4/h5-6,8-9,13,17-18,24-25H,7,10-12H2,1-4H3,(H,26,29)(H,27,30)/t13-,17-,18-/m0/s1. The molecule has 4 rings (SSSR count). The van der Waals surface area contributed by atoms with Crippen LogP contribution in [0.25, 0.3) is 10.9 Å². The molecule has 3 amide bonds. The van der Waals surface area contributed by atoms with Crippen LogP contribution in [-0.2, 0) is 20.7 Å². The molecule has 1 aromatic carbocycles. The van der Waals surface area contributed by atoms with Gasteiger partial charge >= 0.3 is 6.09 Å². The van der Waals surface area contributed by atoms with Crippen molar-refractivity contribution in [2.75, 3.05) is 6.54 Å². The monoisotopic (exact) mass is 441 g/mol. The van der Waals surface area contributed by atoms with Crippen LogP contribution >= 0.6 is 0 Å². The fourth-order valence-corrected chi connectivity index (χ4v) is 4.50. The van der Waals surface area contributed by atoms with E-state index in [-0.39, 0.29) is 11.9 Å². The van der Waals surface area contributed by atoms with Gasteiger partial charge in [0.05, 0.1) is 6.04 Å². The summed E-state index contributed by atoms with van der Waals surface area (Å²) in [5.74, 6) is -0.735. The summed E-state index contributed by atoms with van der Waals surface area (Å²) in [6.07, 6.45) is 1.23. The van der Waals surface area contributed by atoms with E-state index in [2.05, 4.69) is 21.2 Å². The molecule has 1 saturated heterocycles. The minimum atomic E-state index is -0.663. The lowest BCUT2D eigenvalue weighted by molar-refractivity contribution is -0.132. The number of hydrogen-bond donors (Lipinski definition) is 4. The molecule has 0 spiro atoms. The molecule has 9 nitrogen and oxygen atoms in total. The Balaban J connectivity index is 1.37. The van der Waals surface area contributed by atoms with Crippen molar-refractivity contribution in [2.45, 2.75) is 70.7 Å². The van der Waals surface area contributed by atoms with E-state index in [9.17, 15) is 14.4 Å². The van der Waals surface area contributed by atoms with E-state index in [4.69, 9.17) is 4.74 Å². The third kappa shape index (κ3) is 4.43. The van der Waals surface area contributed by atoms with Crippen molar-refractivity contribution in [1.29, 1.82) is 0 Å². The van der Waals surface area contributed by atoms with Gasteiger partial charge in [0, 0.05) is 29.2 Å². The van der Waals surface area contributed by atoms with E-state index in [1.54, 1.807) is 20.8 Å². The summed E-state index contributed by atoms with van der Waals surface area (Å²) in [5.41, 5.74) is 7.65. The van der Waals surface area contributed by atoms with Gasteiger partial charge < -0.3 is 9.72 Å². The third-order valence-electron chi connectivity index (χ3n) is 5.95. The smallest absolute Gasteiger partial charge is 0.410 e. The predicted molar refractivity (Wildman–Crippen MR) is 120 cm³/mol. The second kappa shape index (κ2) is 8.46. The van der Waals surface area contributed by atoms with Gasteiger partial charge in [0.25, 0.3) is 11.8 Å². The Morgan fingerprint density at radius 2 is 1.84 bits per heavy atom. The Bertz CT molecular complexity index is 1040. The van der Waals surface area contributed by atoms with Gasteiger partial charge in [-0.2, -0.15) is 0 Å². The van der Waals surface area contributed by atoms with Crippen LogP contribution < -0.4 is 16.2 Å². The highest BCUT2D eigenvalue weighted by atomic mass is 16.6. The Kier molecular flexibility index (Phi) is 5.85. The van der Waals surface area contributed by atoms with Crippen molar-refractivity contribution in [1.82, 2.24) is 26.1 Å². The minimum Gasteiger partial charge on any atom is -0.444 e. The van der Waals surface area contributed by atoms with Crippen molar-refractivity contribution in [3.05, 3.63) is 35.5 Å². The quantitative estimate of drug-likeness (QED) is 0.534. The molecule has 0 saturated carbocycles. The number of fused-ring (bicyclic) bond motifs is 3. The van der Waals surface area contributed by atoms with Crippen molar-refractivity contribution in [3.63, 3.8) is 0 Å². The van der Waals surface area contributed by atoms with Gasteiger partial charge in [0.1, 0.15) is 11.6 Å². The van der Waals surface area contributed by atoms with Crippen LogP contribution in [0.15, 0.2) is 24.3 Å². The number of rotatable bonds is 2. The molecule has 2 aliphatic rings. The maximum Gasteiger partial charge on any atom is 0.410 e. The number of carbonyl (C=O) groups excluding carboxylic acids is 3. The van der Waals surface area contributed by atoms with Gasteiger partial charge in [-0.15, -0.1) is 0 Å². The zero-order chi connectivity index (χ0) is 23.0. The number of hydrazine groups is 1. The second-order valence-corrected chi connectivity index (χ2v) is 9.52. The number of para-hydroxylation sites is 1. The van der Waals surface area contributed by atoms with Gasteiger partial charge in [-0.3, -0.25) is 30.7 Å². The van der Waals surface area contributed by atoms with E-state index in [0.29, 0.717) is 25.8 Å². The molecular formula is C23H31N5O4. The number of benzene rings is 1. The fraction of sp³-hybridized carbons (Fsp3) is 0.522. The highest BCUT2D eigenvalue weighted by molar-refractivity contribution is 5.91. The number of carbonyl (C=O) groups is 3. The molecule has 3 atom stereocenters. The van der Waals surface area contributed by atoms with Gasteiger partial charge in [-0.25, -0.2) is 4.79 Å². The number of aromatic nitrogens is 1. The fourth-order valence-electron chi connectivity index (χ4n) is 4.50. The van der Waals surface area contributed by atoms with Crippen molar-refractivity contribution < 1.29 is 19.1 Å². The first-order valence-corrected chi connectivity index (χ1v) is 11.1. The van der Waals surface area contributed by atoms with Crippen LogP contribution in [0.2, 0.25) is 0 Å². The molecule has 9 heteroatoms. The number of H-pyrrole nitrogens is 1.